The zero-order valence-electron chi connectivity index (χ0n) is 9.81. The number of aryl methyl sites for hydroxylation is 1. The number of aliphatic imine (C=N–C) groups is 1. The number of nitrogens with zero attached hydrogens (tertiary/aromatic N) is 1. The number of carbonyl (C=O) groups excluding carboxylic acids is 1. The molecule has 2 rings (SSSR count). The highest BCUT2D eigenvalue weighted by atomic mass is 16.6. The average Bonchev–Trinajstić information content (AvgIpc) is 2.68. The van der Waals surface area contributed by atoms with E-state index < -0.39 is 5.97 Å². The maximum Gasteiger partial charge on any atom is 0.363 e. The second kappa shape index (κ2) is 4.78. The summed E-state index contributed by atoms with van der Waals surface area (Å²) in [5.74, 6) is -0.0230. The van der Waals surface area contributed by atoms with Gasteiger partial charge in [-0.1, -0.05) is 30.4 Å². The Labute approximate surface area is 100 Å². The lowest BCUT2D eigenvalue weighted by molar-refractivity contribution is -0.130. The number of allylic oxidation sites excluding steroid dienone is 3. The summed E-state index contributed by atoms with van der Waals surface area (Å²) in [6.45, 7) is 3.84. The third kappa shape index (κ3) is 2.33. The first-order chi connectivity index (χ1) is 8.22. The summed E-state index contributed by atoms with van der Waals surface area (Å²) < 4.78 is 5.15. The van der Waals surface area contributed by atoms with Crippen molar-refractivity contribution in [1.82, 2.24) is 0 Å². The average molecular weight is 227 g/mol. The van der Waals surface area contributed by atoms with Crippen molar-refractivity contribution in [3.63, 3.8) is 0 Å². The highest BCUT2D eigenvalue weighted by molar-refractivity contribution is 6.11. The van der Waals surface area contributed by atoms with Crippen LogP contribution in [0.4, 0.5) is 0 Å². The first-order valence-corrected chi connectivity index (χ1v) is 5.42. The molecule has 0 bridgehead atoms. The van der Waals surface area contributed by atoms with Crippen LogP contribution in [0.5, 0.6) is 0 Å². The van der Waals surface area contributed by atoms with Gasteiger partial charge in [0.15, 0.2) is 5.70 Å². The third-order valence-corrected chi connectivity index (χ3v) is 2.44. The predicted octanol–water partition coefficient (Wildman–Crippen LogP) is 2.76. The lowest BCUT2D eigenvalue weighted by Gasteiger charge is -2.02. The minimum absolute atomic E-state index is 0.335. The fourth-order valence-corrected chi connectivity index (χ4v) is 1.54. The summed E-state index contributed by atoms with van der Waals surface area (Å²) in [4.78, 5) is 15.7. The summed E-state index contributed by atoms with van der Waals surface area (Å²) >= 11 is 0. The van der Waals surface area contributed by atoms with E-state index in [1.54, 1.807) is 12.2 Å². The molecule has 0 N–H and O–H groups in total. The Kier molecular flexibility index (Phi) is 3.19. The number of hydrogen-bond acceptors (Lipinski definition) is 3. The molecule has 1 heterocycles. The third-order valence-electron chi connectivity index (χ3n) is 2.44. The molecule has 0 radical (unpaired) electrons. The maximum atomic E-state index is 11.5. The first kappa shape index (κ1) is 11.3. The lowest BCUT2D eigenvalue weighted by atomic mass is 10.1. The molecule has 86 valence electrons. The molecular weight excluding hydrogens is 214 g/mol. The lowest BCUT2D eigenvalue weighted by Crippen LogP contribution is -2.06. The van der Waals surface area contributed by atoms with Crippen LogP contribution in [0, 0.1) is 6.92 Å². The highest BCUT2D eigenvalue weighted by Crippen LogP contribution is 2.18. The monoisotopic (exact) mass is 227 g/mol. The van der Waals surface area contributed by atoms with Crippen LogP contribution in [0.1, 0.15) is 18.1 Å². The van der Waals surface area contributed by atoms with E-state index in [2.05, 4.69) is 4.99 Å². The zero-order chi connectivity index (χ0) is 12.3. The Balaban J connectivity index is 2.37. The van der Waals surface area contributed by atoms with E-state index >= 15 is 0 Å². The summed E-state index contributed by atoms with van der Waals surface area (Å²) in [6, 6.07) is 7.68. The Morgan fingerprint density at radius 3 is 2.76 bits per heavy atom. The van der Waals surface area contributed by atoms with Crippen LogP contribution >= 0.6 is 0 Å². The predicted molar refractivity (Wildman–Crippen MR) is 66.7 cm³/mol. The number of ether oxygens (including phenoxy) is 1. The Morgan fingerprint density at radius 2 is 2.06 bits per heavy atom. The van der Waals surface area contributed by atoms with Crippen molar-refractivity contribution in [2.24, 2.45) is 4.99 Å². The molecule has 0 fully saturated rings. The largest absolute Gasteiger partial charge is 0.402 e. The second-order valence-electron chi connectivity index (χ2n) is 3.70. The van der Waals surface area contributed by atoms with E-state index in [1.165, 1.54) is 0 Å². The van der Waals surface area contributed by atoms with Crippen molar-refractivity contribution in [3.8, 4) is 0 Å². The van der Waals surface area contributed by atoms with Gasteiger partial charge < -0.3 is 4.74 Å². The van der Waals surface area contributed by atoms with E-state index in [1.807, 2.05) is 44.2 Å². The zero-order valence-corrected chi connectivity index (χ0v) is 9.81. The Hall–Kier alpha value is -2.16. The van der Waals surface area contributed by atoms with E-state index in [0.717, 1.165) is 11.1 Å². The molecule has 0 spiro atoms. The molecule has 0 aliphatic carbocycles. The summed E-state index contributed by atoms with van der Waals surface area (Å²) in [5.41, 5.74) is 2.22. The van der Waals surface area contributed by atoms with E-state index in [0.29, 0.717) is 11.6 Å². The van der Waals surface area contributed by atoms with Gasteiger partial charge in [-0.25, -0.2) is 9.79 Å². The molecule has 1 aromatic rings. The molecule has 0 saturated heterocycles. The van der Waals surface area contributed by atoms with Gasteiger partial charge in [0.25, 0.3) is 0 Å². The van der Waals surface area contributed by atoms with Gasteiger partial charge in [-0.3, -0.25) is 0 Å². The van der Waals surface area contributed by atoms with Crippen LogP contribution in [0.3, 0.4) is 0 Å². The summed E-state index contributed by atoms with van der Waals surface area (Å²) in [6.07, 6.45) is 5.25. The molecular formula is C14H13NO2. The minimum atomic E-state index is -0.402. The molecule has 0 saturated carbocycles. The normalized spacial score (nSPS) is 17.6. The molecule has 17 heavy (non-hydrogen) atoms. The number of carbonyl (C=O) groups is 1. The molecule has 0 unspecified atom stereocenters. The van der Waals surface area contributed by atoms with Crippen LogP contribution in [-0.2, 0) is 9.53 Å². The topological polar surface area (TPSA) is 38.7 Å². The molecule has 1 aromatic carbocycles. The van der Waals surface area contributed by atoms with E-state index in [-0.39, 0.29) is 0 Å². The van der Waals surface area contributed by atoms with E-state index in [4.69, 9.17) is 4.74 Å². The smallest absolute Gasteiger partial charge is 0.363 e. The maximum absolute atomic E-state index is 11.5. The van der Waals surface area contributed by atoms with Crippen LogP contribution in [0.2, 0.25) is 0 Å². The van der Waals surface area contributed by atoms with Crippen LogP contribution in [0.25, 0.3) is 0 Å². The summed E-state index contributed by atoms with van der Waals surface area (Å²) in [5, 5.41) is 0. The van der Waals surface area contributed by atoms with Gasteiger partial charge in [0, 0.05) is 5.56 Å². The molecule has 3 heteroatoms. The van der Waals surface area contributed by atoms with Crippen molar-refractivity contribution in [1.29, 1.82) is 0 Å². The summed E-state index contributed by atoms with van der Waals surface area (Å²) in [7, 11) is 0. The standard InChI is InChI=1S/C14H13NO2/c1-3-4-9-12-14(16)17-13(15-12)11-8-6-5-7-10(11)2/h3-9H,1-2H3/b4-3+,12-9-. The molecule has 1 aliphatic rings. The molecule has 3 nitrogen and oxygen atoms in total. The van der Waals surface area contributed by atoms with Gasteiger partial charge in [-0.05, 0) is 31.6 Å². The van der Waals surface area contributed by atoms with Crippen LogP contribution in [-0.4, -0.2) is 11.9 Å². The van der Waals surface area contributed by atoms with Gasteiger partial charge in [-0.15, -0.1) is 0 Å². The first-order valence-electron chi connectivity index (χ1n) is 5.42. The SMILES string of the molecule is C/C=C/C=C1\N=C(c2ccccc2C)OC1=O. The van der Waals surface area contributed by atoms with Gasteiger partial charge >= 0.3 is 5.97 Å². The molecule has 0 amide bonds. The van der Waals surface area contributed by atoms with Gasteiger partial charge in [0.2, 0.25) is 5.90 Å². The van der Waals surface area contributed by atoms with Crippen molar-refractivity contribution in [2.45, 2.75) is 13.8 Å². The molecule has 1 aliphatic heterocycles. The van der Waals surface area contributed by atoms with Crippen molar-refractivity contribution >= 4 is 11.9 Å². The minimum Gasteiger partial charge on any atom is -0.402 e. The van der Waals surface area contributed by atoms with Gasteiger partial charge in [0.05, 0.1) is 0 Å². The second-order valence-corrected chi connectivity index (χ2v) is 3.70. The van der Waals surface area contributed by atoms with Gasteiger partial charge in [0.1, 0.15) is 0 Å². The number of esters is 1. The Bertz CT molecular complexity index is 539. The van der Waals surface area contributed by atoms with Gasteiger partial charge in [-0.2, -0.15) is 0 Å². The van der Waals surface area contributed by atoms with Crippen LogP contribution < -0.4 is 0 Å². The fourth-order valence-electron chi connectivity index (χ4n) is 1.54. The van der Waals surface area contributed by atoms with Crippen molar-refractivity contribution < 1.29 is 9.53 Å². The molecule has 0 atom stereocenters. The molecule has 0 aromatic heterocycles. The van der Waals surface area contributed by atoms with Crippen molar-refractivity contribution in [2.75, 3.05) is 0 Å². The van der Waals surface area contributed by atoms with Crippen molar-refractivity contribution in [3.05, 3.63) is 59.3 Å². The number of hydrogen-bond donors (Lipinski definition) is 0. The fraction of sp³-hybridized carbons (Fsp3) is 0.143. The van der Waals surface area contributed by atoms with Crippen LogP contribution in [0.15, 0.2) is 53.2 Å². The highest BCUT2D eigenvalue weighted by Gasteiger charge is 2.24. The number of cyclic esters (lactones) is 1. The van der Waals surface area contributed by atoms with E-state index in [9.17, 15) is 4.79 Å². The Morgan fingerprint density at radius 1 is 1.29 bits per heavy atom. The number of benzene rings is 1. The quantitative estimate of drug-likeness (QED) is 0.575. The number of rotatable bonds is 2.